The van der Waals surface area contributed by atoms with Crippen molar-refractivity contribution in [3.8, 4) is 0 Å². The number of nitrogens with two attached hydrogens (primary N) is 1. The number of aryl methyl sites for hydroxylation is 1. The first-order valence-electron chi connectivity index (χ1n) is 6.28. The summed E-state index contributed by atoms with van der Waals surface area (Å²) in [5.41, 5.74) is 6.55. The van der Waals surface area contributed by atoms with E-state index in [1.165, 1.54) is 23.7 Å². The van der Waals surface area contributed by atoms with Crippen LogP contribution in [0.15, 0.2) is 6.20 Å². The van der Waals surface area contributed by atoms with Crippen molar-refractivity contribution in [1.29, 1.82) is 0 Å². The standard InChI is InChI=1S/C12H21N5O/c1-8(16(2)9-4-5-9)6-14-12(18)11-10(13)7-15-17(11)3/h7-9H,4-6,13H2,1-3H3,(H,14,18). The van der Waals surface area contributed by atoms with Gasteiger partial charge in [-0.3, -0.25) is 14.4 Å². The van der Waals surface area contributed by atoms with Crippen molar-refractivity contribution in [2.24, 2.45) is 7.05 Å². The van der Waals surface area contributed by atoms with Gasteiger partial charge in [-0.2, -0.15) is 5.10 Å². The molecule has 1 saturated carbocycles. The number of hydrogen-bond donors (Lipinski definition) is 2. The number of nitrogen functional groups attached to an aromatic ring is 1. The lowest BCUT2D eigenvalue weighted by Gasteiger charge is -2.24. The molecule has 6 heteroatoms. The number of nitrogens with one attached hydrogen (secondary N) is 1. The number of aromatic nitrogens is 2. The van der Waals surface area contributed by atoms with Crippen LogP contribution in [0.1, 0.15) is 30.3 Å². The molecule has 3 N–H and O–H groups in total. The molecule has 1 fully saturated rings. The molecule has 1 unspecified atom stereocenters. The third-order valence-electron chi connectivity index (χ3n) is 3.56. The second kappa shape index (κ2) is 4.97. The van der Waals surface area contributed by atoms with Crippen LogP contribution in [-0.4, -0.2) is 46.3 Å². The molecular weight excluding hydrogens is 230 g/mol. The molecule has 18 heavy (non-hydrogen) atoms. The first kappa shape index (κ1) is 12.9. The Hall–Kier alpha value is -1.56. The average Bonchev–Trinajstić information content (AvgIpc) is 3.12. The molecule has 0 spiro atoms. The van der Waals surface area contributed by atoms with Crippen LogP contribution in [-0.2, 0) is 7.05 Å². The normalized spacial score (nSPS) is 16.9. The highest BCUT2D eigenvalue weighted by Gasteiger charge is 2.29. The summed E-state index contributed by atoms with van der Waals surface area (Å²) in [5.74, 6) is -0.163. The van der Waals surface area contributed by atoms with Crippen molar-refractivity contribution in [3.63, 3.8) is 0 Å². The number of nitrogens with zero attached hydrogens (tertiary/aromatic N) is 3. The largest absolute Gasteiger partial charge is 0.396 e. The molecule has 0 saturated heterocycles. The lowest BCUT2D eigenvalue weighted by Crippen LogP contribution is -2.41. The number of amides is 1. The lowest BCUT2D eigenvalue weighted by molar-refractivity contribution is 0.0931. The lowest BCUT2D eigenvalue weighted by atomic mass is 10.2. The number of carbonyl (C=O) groups excluding carboxylic acids is 1. The minimum Gasteiger partial charge on any atom is -0.396 e. The van der Waals surface area contributed by atoms with Crippen LogP contribution in [0, 0.1) is 0 Å². The molecule has 0 bridgehead atoms. The highest BCUT2D eigenvalue weighted by molar-refractivity contribution is 5.97. The second-order valence-corrected chi connectivity index (χ2v) is 5.03. The van der Waals surface area contributed by atoms with Gasteiger partial charge in [0.05, 0.1) is 11.9 Å². The molecule has 100 valence electrons. The van der Waals surface area contributed by atoms with Gasteiger partial charge < -0.3 is 11.1 Å². The fourth-order valence-electron chi connectivity index (χ4n) is 2.04. The van der Waals surface area contributed by atoms with Gasteiger partial charge in [-0.25, -0.2) is 0 Å². The predicted octanol–water partition coefficient (Wildman–Crippen LogP) is 0.215. The van der Waals surface area contributed by atoms with Crippen molar-refractivity contribution in [2.45, 2.75) is 31.8 Å². The molecule has 0 aliphatic heterocycles. The van der Waals surface area contributed by atoms with Gasteiger partial charge in [0.25, 0.3) is 5.91 Å². The zero-order valence-corrected chi connectivity index (χ0v) is 11.2. The number of hydrogen-bond acceptors (Lipinski definition) is 4. The molecule has 1 atom stereocenters. The van der Waals surface area contributed by atoms with Gasteiger partial charge in [0.2, 0.25) is 0 Å². The van der Waals surface area contributed by atoms with Crippen molar-refractivity contribution in [3.05, 3.63) is 11.9 Å². The van der Waals surface area contributed by atoms with Crippen LogP contribution in [0.3, 0.4) is 0 Å². The van der Waals surface area contributed by atoms with Crippen LogP contribution in [0.25, 0.3) is 0 Å². The van der Waals surface area contributed by atoms with E-state index in [1.807, 2.05) is 0 Å². The van der Waals surface area contributed by atoms with E-state index in [0.29, 0.717) is 30.0 Å². The number of likely N-dealkylation sites (N-methyl/N-ethyl adjacent to an activating group) is 1. The molecule has 1 amide bonds. The molecule has 1 heterocycles. The van der Waals surface area contributed by atoms with Gasteiger partial charge in [-0.15, -0.1) is 0 Å². The minimum absolute atomic E-state index is 0.163. The van der Waals surface area contributed by atoms with Gasteiger partial charge in [-0.05, 0) is 26.8 Å². The zero-order chi connectivity index (χ0) is 13.3. The Bertz CT molecular complexity index is 418. The van der Waals surface area contributed by atoms with Gasteiger partial charge in [0.15, 0.2) is 0 Å². The Labute approximate surface area is 107 Å². The summed E-state index contributed by atoms with van der Waals surface area (Å²) in [6.07, 6.45) is 4.03. The summed E-state index contributed by atoms with van der Waals surface area (Å²) < 4.78 is 1.50. The quantitative estimate of drug-likeness (QED) is 0.784. The molecule has 1 aromatic rings. The van der Waals surface area contributed by atoms with Gasteiger partial charge in [-0.1, -0.05) is 0 Å². The van der Waals surface area contributed by atoms with E-state index < -0.39 is 0 Å². The number of anilines is 1. The summed E-state index contributed by atoms with van der Waals surface area (Å²) in [4.78, 5) is 14.3. The van der Waals surface area contributed by atoms with Crippen molar-refractivity contribution in [2.75, 3.05) is 19.3 Å². The van der Waals surface area contributed by atoms with E-state index >= 15 is 0 Å². The topological polar surface area (TPSA) is 76.2 Å². The Morgan fingerprint density at radius 1 is 1.72 bits per heavy atom. The summed E-state index contributed by atoms with van der Waals surface area (Å²) in [6, 6.07) is 1.02. The fourth-order valence-corrected chi connectivity index (χ4v) is 2.04. The van der Waals surface area contributed by atoms with E-state index in [2.05, 4.69) is 29.3 Å². The molecular formula is C12H21N5O. The highest BCUT2D eigenvalue weighted by atomic mass is 16.2. The summed E-state index contributed by atoms with van der Waals surface area (Å²) in [6.45, 7) is 2.74. The van der Waals surface area contributed by atoms with Crippen molar-refractivity contribution < 1.29 is 4.79 Å². The summed E-state index contributed by atoms with van der Waals surface area (Å²) in [5, 5.41) is 6.87. The molecule has 2 rings (SSSR count). The van der Waals surface area contributed by atoms with Gasteiger partial charge in [0, 0.05) is 25.7 Å². The van der Waals surface area contributed by atoms with Crippen molar-refractivity contribution in [1.82, 2.24) is 20.0 Å². The van der Waals surface area contributed by atoms with E-state index in [1.54, 1.807) is 7.05 Å². The van der Waals surface area contributed by atoms with Gasteiger partial charge in [0.1, 0.15) is 5.69 Å². The Morgan fingerprint density at radius 2 is 2.39 bits per heavy atom. The fraction of sp³-hybridized carbons (Fsp3) is 0.667. The highest BCUT2D eigenvalue weighted by Crippen LogP contribution is 2.26. The monoisotopic (exact) mass is 251 g/mol. The van der Waals surface area contributed by atoms with Gasteiger partial charge >= 0.3 is 0 Å². The zero-order valence-electron chi connectivity index (χ0n) is 11.2. The van der Waals surface area contributed by atoms with Crippen molar-refractivity contribution >= 4 is 11.6 Å². The predicted molar refractivity (Wildman–Crippen MR) is 70.2 cm³/mol. The van der Waals surface area contributed by atoms with E-state index in [0.717, 1.165) is 0 Å². The smallest absolute Gasteiger partial charge is 0.271 e. The average molecular weight is 251 g/mol. The van der Waals surface area contributed by atoms with E-state index in [9.17, 15) is 4.79 Å². The maximum absolute atomic E-state index is 12.0. The number of carbonyl (C=O) groups is 1. The molecule has 0 aromatic carbocycles. The van der Waals surface area contributed by atoms with Crippen LogP contribution in [0.5, 0.6) is 0 Å². The van der Waals surface area contributed by atoms with Crippen LogP contribution in [0.2, 0.25) is 0 Å². The van der Waals surface area contributed by atoms with Crippen LogP contribution >= 0.6 is 0 Å². The third-order valence-corrected chi connectivity index (χ3v) is 3.56. The molecule has 1 aliphatic carbocycles. The number of rotatable bonds is 5. The Balaban J connectivity index is 1.88. The Kier molecular flexibility index (Phi) is 3.56. The first-order chi connectivity index (χ1) is 8.50. The van der Waals surface area contributed by atoms with E-state index in [4.69, 9.17) is 5.73 Å². The third kappa shape index (κ3) is 2.64. The molecule has 6 nitrogen and oxygen atoms in total. The molecule has 0 radical (unpaired) electrons. The Morgan fingerprint density at radius 3 is 2.89 bits per heavy atom. The maximum Gasteiger partial charge on any atom is 0.271 e. The second-order valence-electron chi connectivity index (χ2n) is 5.03. The van der Waals surface area contributed by atoms with Crippen LogP contribution < -0.4 is 11.1 Å². The molecule has 1 aliphatic rings. The molecule has 1 aromatic heterocycles. The SMILES string of the molecule is CC(CNC(=O)c1c(N)cnn1C)N(C)C1CC1. The summed E-state index contributed by atoms with van der Waals surface area (Å²) in [7, 11) is 3.82. The van der Waals surface area contributed by atoms with E-state index in [-0.39, 0.29) is 5.91 Å². The maximum atomic E-state index is 12.0. The first-order valence-corrected chi connectivity index (χ1v) is 6.28. The van der Waals surface area contributed by atoms with Crippen LogP contribution in [0.4, 0.5) is 5.69 Å². The minimum atomic E-state index is -0.163. The summed E-state index contributed by atoms with van der Waals surface area (Å²) >= 11 is 0.